The van der Waals surface area contributed by atoms with Crippen molar-refractivity contribution in [2.75, 3.05) is 11.9 Å². The fraction of sp³-hybridized carbons (Fsp3) is 0.0667. The monoisotopic (exact) mass is 361 g/mol. The van der Waals surface area contributed by atoms with Gasteiger partial charge < -0.3 is 15.2 Å². The van der Waals surface area contributed by atoms with Crippen molar-refractivity contribution >= 4 is 17.6 Å². The molecule has 0 aliphatic rings. The average Bonchev–Trinajstić information content (AvgIpc) is 2.60. The number of phenolic OH excluding ortho intramolecular Hbond substituents is 1. The maximum Gasteiger partial charge on any atom is 0.338 e. The molecule has 132 valence electrons. The highest BCUT2D eigenvalue weighted by atomic mass is 19.2. The fourth-order valence-corrected chi connectivity index (χ4v) is 1.74. The number of hydrogen-bond donors (Lipinski definition) is 2. The number of halogens is 5. The van der Waals surface area contributed by atoms with Crippen molar-refractivity contribution in [2.45, 2.75) is 0 Å². The Bertz CT molecular complexity index is 827. The molecule has 0 saturated carbocycles. The van der Waals surface area contributed by atoms with Crippen LogP contribution in [0.2, 0.25) is 0 Å². The zero-order valence-corrected chi connectivity index (χ0v) is 12.1. The predicted octanol–water partition coefficient (Wildman–Crippen LogP) is 2.88. The van der Waals surface area contributed by atoms with Gasteiger partial charge in [-0.05, 0) is 18.2 Å². The van der Waals surface area contributed by atoms with Gasteiger partial charge in [0.05, 0.1) is 5.56 Å². The summed E-state index contributed by atoms with van der Waals surface area (Å²) in [6.45, 7) is -1.06. The van der Waals surface area contributed by atoms with E-state index in [9.17, 15) is 36.6 Å². The Morgan fingerprint density at radius 1 is 0.960 bits per heavy atom. The van der Waals surface area contributed by atoms with E-state index >= 15 is 0 Å². The first-order valence-corrected chi connectivity index (χ1v) is 6.49. The summed E-state index contributed by atoms with van der Waals surface area (Å²) in [6, 6.07) is 4.88. The summed E-state index contributed by atoms with van der Waals surface area (Å²) in [4.78, 5) is 23.1. The first-order chi connectivity index (χ1) is 11.7. The molecule has 2 rings (SSSR count). The number of aromatic hydroxyl groups is 1. The Hall–Kier alpha value is -3.17. The van der Waals surface area contributed by atoms with Crippen LogP contribution in [0.4, 0.5) is 27.6 Å². The summed E-state index contributed by atoms with van der Waals surface area (Å²) in [6.07, 6.45) is 0. The number of esters is 1. The molecule has 0 heterocycles. The van der Waals surface area contributed by atoms with Crippen LogP contribution in [-0.4, -0.2) is 23.6 Å². The maximum absolute atomic E-state index is 13.4. The van der Waals surface area contributed by atoms with Gasteiger partial charge >= 0.3 is 5.97 Å². The van der Waals surface area contributed by atoms with Crippen molar-refractivity contribution in [3.63, 3.8) is 0 Å². The molecule has 0 radical (unpaired) electrons. The van der Waals surface area contributed by atoms with Crippen LogP contribution in [0.5, 0.6) is 5.75 Å². The highest BCUT2D eigenvalue weighted by Gasteiger charge is 2.27. The van der Waals surface area contributed by atoms with E-state index in [1.54, 1.807) is 0 Å². The zero-order valence-electron chi connectivity index (χ0n) is 12.1. The number of carbonyl (C=O) groups is 2. The summed E-state index contributed by atoms with van der Waals surface area (Å²) in [5.41, 5.74) is -1.68. The summed E-state index contributed by atoms with van der Waals surface area (Å²) < 4.78 is 70.2. The molecular weight excluding hydrogens is 353 g/mol. The molecule has 2 N–H and O–H groups in total. The minimum Gasteiger partial charge on any atom is -0.508 e. The molecule has 0 aliphatic heterocycles. The van der Waals surface area contributed by atoms with Crippen molar-refractivity contribution < 1.29 is 41.4 Å². The molecule has 25 heavy (non-hydrogen) atoms. The third-order valence-electron chi connectivity index (χ3n) is 2.89. The van der Waals surface area contributed by atoms with Gasteiger partial charge in [-0.2, -0.15) is 0 Å². The smallest absolute Gasteiger partial charge is 0.338 e. The van der Waals surface area contributed by atoms with Crippen molar-refractivity contribution in [1.29, 1.82) is 0 Å². The quantitative estimate of drug-likeness (QED) is 0.380. The molecule has 0 aliphatic carbocycles. The van der Waals surface area contributed by atoms with E-state index in [-0.39, 0.29) is 11.3 Å². The van der Waals surface area contributed by atoms with E-state index in [0.717, 1.165) is 6.07 Å². The van der Waals surface area contributed by atoms with E-state index in [1.165, 1.54) is 23.5 Å². The van der Waals surface area contributed by atoms with Gasteiger partial charge in [0.2, 0.25) is 5.82 Å². The molecule has 0 aromatic heterocycles. The van der Waals surface area contributed by atoms with E-state index < -0.39 is 53.3 Å². The molecule has 1 amide bonds. The van der Waals surface area contributed by atoms with E-state index in [1.807, 2.05) is 0 Å². The first kappa shape index (κ1) is 18.2. The number of hydrogen-bond acceptors (Lipinski definition) is 4. The lowest BCUT2D eigenvalue weighted by molar-refractivity contribution is -0.119. The van der Waals surface area contributed by atoms with Crippen LogP contribution in [0.1, 0.15) is 10.4 Å². The number of amides is 1. The number of phenols is 1. The lowest BCUT2D eigenvalue weighted by Crippen LogP contribution is -2.23. The second-order valence-electron chi connectivity index (χ2n) is 4.62. The molecule has 0 spiro atoms. The van der Waals surface area contributed by atoms with Crippen molar-refractivity contribution in [2.24, 2.45) is 0 Å². The fourth-order valence-electron chi connectivity index (χ4n) is 1.74. The number of anilines is 1. The van der Waals surface area contributed by atoms with Crippen LogP contribution in [0.15, 0.2) is 24.3 Å². The summed E-state index contributed by atoms with van der Waals surface area (Å²) in [5.74, 6) is -13.9. The summed E-state index contributed by atoms with van der Waals surface area (Å²) >= 11 is 0. The average molecular weight is 361 g/mol. The molecule has 2 aromatic rings. The minimum absolute atomic E-state index is 0.121. The van der Waals surface area contributed by atoms with Gasteiger partial charge in [-0.1, -0.05) is 6.07 Å². The predicted molar refractivity (Wildman–Crippen MR) is 73.3 cm³/mol. The number of nitrogens with one attached hydrogen (secondary N) is 1. The van der Waals surface area contributed by atoms with Gasteiger partial charge in [0.1, 0.15) is 11.4 Å². The number of carbonyl (C=O) groups excluding carboxylic acids is 2. The Morgan fingerprint density at radius 2 is 1.52 bits per heavy atom. The Labute approximate surface area is 136 Å². The SMILES string of the molecule is O=C(COC(=O)c1cccc(O)c1)Nc1c(F)c(F)c(F)c(F)c1F. The normalized spacial score (nSPS) is 10.4. The molecule has 0 unspecified atom stereocenters. The molecule has 0 atom stereocenters. The topological polar surface area (TPSA) is 75.6 Å². The molecule has 5 nitrogen and oxygen atoms in total. The number of ether oxygens (including phenoxy) is 1. The van der Waals surface area contributed by atoms with Crippen LogP contribution in [-0.2, 0) is 9.53 Å². The largest absolute Gasteiger partial charge is 0.508 e. The zero-order chi connectivity index (χ0) is 18.7. The number of benzene rings is 2. The van der Waals surface area contributed by atoms with Crippen LogP contribution in [0.3, 0.4) is 0 Å². The highest BCUT2D eigenvalue weighted by molar-refractivity contribution is 5.95. The van der Waals surface area contributed by atoms with Gasteiger partial charge in [-0.15, -0.1) is 0 Å². The Morgan fingerprint density at radius 3 is 2.08 bits per heavy atom. The van der Waals surface area contributed by atoms with Crippen LogP contribution >= 0.6 is 0 Å². The third kappa shape index (κ3) is 3.84. The van der Waals surface area contributed by atoms with Gasteiger partial charge in [-0.25, -0.2) is 26.7 Å². The molecule has 0 saturated heterocycles. The van der Waals surface area contributed by atoms with E-state index in [2.05, 4.69) is 4.74 Å². The van der Waals surface area contributed by atoms with Crippen LogP contribution in [0.25, 0.3) is 0 Å². The number of rotatable bonds is 4. The lowest BCUT2D eigenvalue weighted by atomic mass is 10.2. The second-order valence-corrected chi connectivity index (χ2v) is 4.62. The minimum atomic E-state index is -2.37. The highest BCUT2D eigenvalue weighted by Crippen LogP contribution is 2.27. The standard InChI is InChI=1S/C15H8F5NO4/c16-9-10(17)12(19)14(13(20)11(9)18)21-8(23)5-25-15(24)6-2-1-3-7(22)4-6/h1-4,22H,5H2,(H,21,23). The van der Waals surface area contributed by atoms with Crippen molar-refractivity contribution in [3.8, 4) is 5.75 Å². The van der Waals surface area contributed by atoms with Gasteiger partial charge in [0, 0.05) is 0 Å². The van der Waals surface area contributed by atoms with Gasteiger partial charge in [0.25, 0.3) is 5.91 Å². The molecule has 0 bridgehead atoms. The molecule has 2 aromatic carbocycles. The molecule has 0 fully saturated rings. The third-order valence-corrected chi connectivity index (χ3v) is 2.89. The molecular formula is C15H8F5NO4. The Kier molecular flexibility index (Phi) is 5.20. The van der Waals surface area contributed by atoms with E-state index in [0.29, 0.717) is 0 Å². The van der Waals surface area contributed by atoms with Crippen molar-refractivity contribution in [1.82, 2.24) is 0 Å². The second kappa shape index (κ2) is 7.16. The summed E-state index contributed by atoms with van der Waals surface area (Å²) in [7, 11) is 0. The Balaban J connectivity index is 2.08. The lowest BCUT2D eigenvalue weighted by Gasteiger charge is -2.10. The first-order valence-electron chi connectivity index (χ1n) is 6.49. The van der Waals surface area contributed by atoms with Crippen LogP contribution < -0.4 is 5.32 Å². The summed E-state index contributed by atoms with van der Waals surface area (Å²) in [5, 5.41) is 10.6. The van der Waals surface area contributed by atoms with Gasteiger partial charge in [-0.3, -0.25) is 4.79 Å². The van der Waals surface area contributed by atoms with E-state index in [4.69, 9.17) is 0 Å². The maximum atomic E-state index is 13.4. The van der Waals surface area contributed by atoms with Gasteiger partial charge in [0.15, 0.2) is 29.9 Å². The van der Waals surface area contributed by atoms with Crippen LogP contribution in [0, 0.1) is 29.1 Å². The van der Waals surface area contributed by atoms with Crippen molar-refractivity contribution in [3.05, 3.63) is 58.9 Å². The molecule has 10 heteroatoms.